The molecule has 1 atom stereocenters. The van der Waals surface area contributed by atoms with E-state index in [4.69, 9.17) is 23.2 Å². The first-order valence-electron chi connectivity index (χ1n) is 6.55. The predicted octanol–water partition coefficient (Wildman–Crippen LogP) is 3.86. The van der Waals surface area contributed by atoms with Crippen LogP contribution in [0.1, 0.15) is 23.5 Å². The first kappa shape index (κ1) is 13.7. The Morgan fingerprint density at radius 2 is 2.10 bits per heavy atom. The van der Waals surface area contributed by atoms with Gasteiger partial charge >= 0.3 is 0 Å². The van der Waals surface area contributed by atoms with Gasteiger partial charge in [-0.05, 0) is 30.2 Å². The summed E-state index contributed by atoms with van der Waals surface area (Å²) in [6.07, 6.45) is 2.83. The van der Waals surface area contributed by atoms with E-state index in [0.29, 0.717) is 16.0 Å². The second-order valence-electron chi connectivity index (χ2n) is 4.81. The van der Waals surface area contributed by atoms with E-state index in [1.807, 2.05) is 37.5 Å². The maximum absolute atomic E-state index is 6.15. The fourth-order valence-corrected chi connectivity index (χ4v) is 3.03. The van der Waals surface area contributed by atoms with Crippen LogP contribution in [-0.4, -0.2) is 18.6 Å². The zero-order chi connectivity index (χ0) is 14.1. The average molecular weight is 308 g/mol. The molecular formula is C15H15Cl2N3. The van der Waals surface area contributed by atoms with Crippen molar-refractivity contribution in [1.29, 1.82) is 0 Å². The number of halogens is 2. The summed E-state index contributed by atoms with van der Waals surface area (Å²) in [6.45, 7) is 0.908. The molecule has 1 aliphatic heterocycles. The Bertz CT molecular complexity index is 630. The van der Waals surface area contributed by atoms with Crippen molar-refractivity contribution in [2.45, 2.75) is 12.3 Å². The van der Waals surface area contributed by atoms with E-state index in [2.05, 4.69) is 21.5 Å². The molecule has 1 aliphatic rings. The van der Waals surface area contributed by atoms with Crippen molar-refractivity contribution < 1.29 is 0 Å². The van der Waals surface area contributed by atoms with E-state index in [-0.39, 0.29) is 0 Å². The number of hydrogen-bond acceptors (Lipinski definition) is 3. The summed E-state index contributed by atoms with van der Waals surface area (Å²) in [7, 11) is 1.91. The van der Waals surface area contributed by atoms with Crippen LogP contribution in [0.5, 0.6) is 0 Å². The number of aromatic nitrogens is 1. The lowest BCUT2D eigenvalue weighted by Gasteiger charge is -2.34. The van der Waals surface area contributed by atoms with E-state index in [9.17, 15) is 0 Å². The molecule has 104 valence electrons. The number of benzene rings is 1. The number of fused-ring (bicyclic) bond motifs is 1. The topological polar surface area (TPSA) is 28.2 Å². The molecule has 3 nitrogen and oxygen atoms in total. The molecule has 1 aromatic heterocycles. The normalized spacial score (nSPS) is 17.9. The molecule has 0 saturated carbocycles. The number of anilines is 1. The molecule has 0 fully saturated rings. The predicted molar refractivity (Wildman–Crippen MR) is 83.6 cm³/mol. The van der Waals surface area contributed by atoms with Crippen molar-refractivity contribution in [3.8, 4) is 0 Å². The number of hydrogen-bond donors (Lipinski definition) is 1. The number of pyridine rings is 1. The zero-order valence-electron chi connectivity index (χ0n) is 11.1. The first-order chi connectivity index (χ1) is 9.70. The summed E-state index contributed by atoms with van der Waals surface area (Å²) < 4.78 is 0. The monoisotopic (exact) mass is 307 g/mol. The molecule has 0 radical (unpaired) electrons. The maximum atomic E-state index is 6.15. The van der Waals surface area contributed by atoms with Crippen LogP contribution in [0, 0.1) is 0 Å². The van der Waals surface area contributed by atoms with Gasteiger partial charge in [-0.3, -0.25) is 5.01 Å². The molecule has 1 N–H and O–H groups in total. The Balaban J connectivity index is 2.05. The largest absolute Gasteiger partial charge is 0.292 e. The van der Waals surface area contributed by atoms with Gasteiger partial charge in [-0.1, -0.05) is 35.3 Å². The van der Waals surface area contributed by atoms with E-state index in [1.165, 1.54) is 11.1 Å². The van der Waals surface area contributed by atoms with Crippen LogP contribution < -0.4 is 10.4 Å². The molecule has 1 unspecified atom stereocenters. The number of nitrogens with one attached hydrogen (secondary N) is 1. The van der Waals surface area contributed by atoms with Gasteiger partial charge in [-0.2, -0.15) is 0 Å². The lowest BCUT2D eigenvalue weighted by Crippen LogP contribution is -2.40. The number of nitrogens with zero attached hydrogens (tertiary/aromatic N) is 2. The summed E-state index contributed by atoms with van der Waals surface area (Å²) in [6, 6.07) is 9.96. The van der Waals surface area contributed by atoms with Crippen molar-refractivity contribution in [2.24, 2.45) is 0 Å². The van der Waals surface area contributed by atoms with Gasteiger partial charge in [0.15, 0.2) is 0 Å². The molecule has 0 amide bonds. The summed E-state index contributed by atoms with van der Waals surface area (Å²) in [4.78, 5) is 4.49. The third-order valence-electron chi connectivity index (χ3n) is 3.71. The summed E-state index contributed by atoms with van der Waals surface area (Å²) >= 11 is 12.1. The summed E-state index contributed by atoms with van der Waals surface area (Å²) in [5.41, 5.74) is 5.58. The quantitative estimate of drug-likeness (QED) is 0.913. The number of rotatable bonds is 2. The maximum Gasteiger partial charge on any atom is 0.146 e. The summed E-state index contributed by atoms with van der Waals surface area (Å²) in [5, 5.41) is 3.27. The standard InChI is InChI=1S/C15H15Cl2N3/c1-18-20-8-6-11(12-3-2-7-19-15(12)20)10-4-5-13(16)14(17)9-10/h2-5,7,9,11,18H,6,8H2,1H3. The highest BCUT2D eigenvalue weighted by Crippen LogP contribution is 2.38. The van der Waals surface area contributed by atoms with Crippen LogP contribution >= 0.6 is 23.2 Å². The van der Waals surface area contributed by atoms with Gasteiger partial charge in [0.2, 0.25) is 0 Å². The van der Waals surface area contributed by atoms with Crippen LogP contribution in [-0.2, 0) is 0 Å². The zero-order valence-corrected chi connectivity index (χ0v) is 12.6. The fraction of sp³-hybridized carbons (Fsp3) is 0.267. The van der Waals surface area contributed by atoms with Crippen molar-refractivity contribution in [2.75, 3.05) is 18.6 Å². The highest BCUT2D eigenvalue weighted by atomic mass is 35.5. The van der Waals surface area contributed by atoms with E-state index in [1.54, 1.807) is 0 Å². The molecule has 0 bridgehead atoms. The van der Waals surface area contributed by atoms with Crippen LogP contribution in [0.4, 0.5) is 5.82 Å². The van der Waals surface area contributed by atoms with Gasteiger partial charge in [-0.15, -0.1) is 0 Å². The second-order valence-corrected chi connectivity index (χ2v) is 5.62. The minimum atomic E-state index is 0.304. The lowest BCUT2D eigenvalue weighted by molar-refractivity contribution is 0.583. The molecule has 0 spiro atoms. The van der Waals surface area contributed by atoms with Gasteiger partial charge in [0.25, 0.3) is 0 Å². The Morgan fingerprint density at radius 1 is 1.25 bits per heavy atom. The van der Waals surface area contributed by atoms with Gasteiger partial charge in [0.05, 0.1) is 10.0 Å². The highest BCUT2D eigenvalue weighted by molar-refractivity contribution is 6.42. The molecule has 20 heavy (non-hydrogen) atoms. The molecule has 1 aromatic carbocycles. The minimum Gasteiger partial charge on any atom is -0.292 e. The minimum absolute atomic E-state index is 0.304. The van der Waals surface area contributed by atoms with E-state index in [0.717, 1.165) is 18.8 Å². The third kappa shape index (κ3) is 2.37. The molecule has 2 aromatic rings. The van der Waals surface area contributed by atoms with E-state index >= 15 is 0 Å². The van der Waals surface area contributed by atoms with Crippen molar-refractivity contribution in [1.82, 2.24) is 10.4 Å². The van der Waals surface area contributed by atoms with Gasteiger partial charge in [-0.25, -0.2) is 10.4 Å². The van der Waals surface area contributed by atoms with Crippen LogP contribution in [0.25, 0.3) is 0 Å². The van der Waals surface area contributed by atoms with Crippen molar-refractivity contribution >= 4 is 29.0 Å². The fourth-order valence-electron chi connectivity index (χ4n) is 2.72. The van der Waals surface area contributed by atoms with Gasteiger partial charge in [0, 0.05) is 31.3 Å². The Hall–Kier alpha value is -1.29. The SMILES string of the molecule is CNN1CCC(c2ccc(Cl)c(Cl)c2)c2cccnc21. The second kappa shape index (κ2) is 5.60. The van der Waals surface area contributed by atoms with Gasteiger partial charge < -0.3 is 0 Å². The summed E-state index contributed by atoms with van der Waals surface area (Å²) in [5.74, 6) is 1.29. The molecule has 5 heteroatoms. The molecule has 0 saturated heterocycles. The molecule has 0 aliphatic carbocycles. The molecular weight excluding hydrogens is 293 g/mol. The van der Waals surface area contributed by atoms with Crippen LogP contribution in [0.3, 0.4) is 0 Å². The molecule has 2 heterocycles. The smallest absolute Gasteiger partial charge is 0.146 e. The van der Waals surface area contributed by atoms with Crippen LogP contribution in [0.2, 0.25) is 10.0 Å². The van der Waals surface area contributed by atoms with Crippen molar-refractivity contribution in [3.05, 3.63) is 57.7 Å². The third-order valence-corrected chi connectivity index (χ3v) is 4.44. The number of hydrazine groups is 1. The average Bonchev–Trinajstić information content (AvgIpc) is 2.49. The Kier molecular flexibility index (Phi) is 3.83. The molecule has 3 rings (SSSR count). The van der Waals surface area contributed by atoms with E-state index < -0.39 is 0 Å². The van der Waals surface area contributed by atoms with Gasteiger partial charge in [0.1, 0.15) is 5.82 Å². The van der Waals surface area contributed by atoms with Crippen LogP contribution in [0.15, 0.2) is 36.5 Å². The Morgan fingerprint density at radius 3 is 2.85 bits per heavy atom. The Labute approximate surface area is 128 Å². The first-order valence-corrected chi connectivity index (χ1v) is 7.31. The lowest BCUT2D eigenvalue weighted by atomic mass is 9.86. The highest BCUT2D eigenvalue weighted by Gasteiger charge is 2.26. The van der Waals surface area contributed by atoms with Crippen molar-refractivity contribution in [3.63, 3.8) is 0 Å².